The number of nitriles is 1. The van der Waals surface area contributed by atoms with Crippen LogP contribution < -0.4 is 0 Å². The first kappa shape index (κ1) is 14.9. The van der Waals surface area contributed by atoms with Crippen LogP contribution in [0.1, 0.15) is 18.5 Å². The number of likely N-dealkylation sites (tertiary alicyclic amines) is 1. The van der Waals surface area contributed by atoms with Crippen LogP contribution >= 0.6 is 0 Å². The number of piperidine rings is 1. The van der Waals surface area contributed by atoms with E-state index >= 15 is 0 Å². The van der Waals surface area contributed by atoms with Gasteiger partial charge in [0.2, 0.25) is 10.0 Å². The molecule has 0 bridgehead atoms. The molecule has 2 rings (SSSR count). The van der Waals surface area contributed by atoms with Crippen LogP contribution in [0.4, 0.5) is 0 Å². The van der Waals surface area contributed by atoms with E-state index in [2.05, 4.69) is 9.88 Å². The van der Waals surface area contributed by atoms with Crippen LogP contribution in [0.25, 0.3) is 0 Å². The molecular formula is C13H18N4O2S. The molecule has 0 atom stereocenters. The van der Waals surface area contributed by atoms with Gasteiger partial charge in [-0.3, -0.25) is 0 Å². The first-order valence-electron chi connectivity index (χ1n) is 6.48. The zero-order valence-electron chi connectivity index (χ0n) is 11.7. The van der Waals surface area contributed by atoms with Crippen LogP contribution in [-0.2, 0) is 10.0 Å². The minimum absolute atomic E-state index is 0.0103. The second-order valence-electron chi connectivity index (χ2n) is 5.02. The molecule has 0 amide bonds. The fourth-order valence-corrected chi connectivity index (χ4v) is 3.90. The van der Waals surface area contributed by atoms with E-state index in [1.807, 2.05) is 13.1 Å². The molecule has 0 aromatic carbocycles. The summed E-state index contributed by atoms with van der Waals surface area (Å²) in [4.78, 5) is 6.00. The van der Waals surface area contributed by atoms with Crippen molar-refractivity contribution in [1.82, 2.24) is 14.2 Å². The topological polar surface area (TPSA) is 77.3 Å². The van der Waals surface area contributed by atoms with Gasteiger partial charge in [0.1, 0.15) is 11.0 Å². The minimum Gasteiger partial charge on any atom is -0.306 e. The zero-order valence-corrected chi connectivity index (χ0v) is 12.5. The third-order valence-corrected chi connectivity index (χ3v) is 5.68. The van der Waals surface area contributed by atoms with Gasteiger partial charge in [0.25, 0.3) is 0 Å². The number of rotatable bonds is 3. The smallest absolute Gasteiger partial charge is 0.245 e. The first-order valence-corrected chi connectivity index (χ1v) is 7.92. The Morgan fingerprint density at radius 2 is 2.10 bits per heavy atom. The summed E-state index contributed by atoms with van der Waals surface area (Å²) in [6, 6.07) is 4.79. The predicted octanol–water partition coefficient (Wildman–Crippen LogP) is 0.668. The highest BCUT2D eigenvalue weighted by Crippen LogP contribution is 2.23. The highest BCUT2D eigenvalue weighted by molar-refractivity contribution is 7.89. The van der Waals surface area contributed by atoms with Gasteiger partial charge in [0.05, 0.1) is 0 Å². The number of aromatic nitrogens is 1. The lowest BCUT2D eigenvalue weighted by Crippen LogP contribution is -2.44. The molecule has 1 aliphatic heterocycles. The number of nitrogens with zero attached hydrogens (tertiary/aromatic N) is 4. The van der Waals surface area contributed by atoms with E-state index in [0.717, 1.165) is 25.9 Å². The Balaban J connectivity index is 2.28. The van der Waals surface area contributed by atoms with Crippen molar-refractivity contribution in [3.8, 4) is 6.07 Å². The van der Waals surface area contributed by atoms with E-state index in [9.17, 15) is 8.42 Å². The molecule has 108 valence electrons. The number of hydrogen-bond donors (Lipinski definition) is 0. The maximum Gasteiger partial charge on any atom is 0.245 e. The fraction of sp³-hybridized carbons (Fsp3) is 0.538. The monoisotopic (exact) mass is 294 g/mol. The van der Waals surface area contributed by atoms with E-state index < -0.39 is 10.0 Å². The predicted molar refractivity (Wildman–Crippen MR) is 74.4 cm³/mol. The average molecular weight is 294 g/mol. The van der Waals surface area contributed by atoms with E-state index in [-0.39, 0.29) is 16.6 Å². The lowest BCUT2D eigenvalue weighted by Gasteiger charge is -2.34. The summed E-state index contributed by atoms with van der Waals surface area (Å²) in [5.74, 6) is 0. The van der Waals surface area contributed by atoms with E-state index in [1.54, 1.807) is 7.05 Å². The lowest BCUT2D eigenvalue weighted by molar-refractivity contribution is 0.197. The standard InChI is InChI=1S/C13H18N4O2S/c1-16-8-5-11(6-9-16)17(2)20(18,19)13-4-3-7-15-12(13)10-14/h3-4,7,11H,5-6,8-9H2,1-2H3. The van der Waals surface area contributed by atoms with Crippen molar-refractivity contribution in [2.45, 2.75) is 23.8 Å². The Labute approximate surface area is 119 Å². The molecule has 0 spiro atoms. The molecule has 1 aromatic rings. The molecule has 0 unspecified atom stereocenters. The quantitative estimate of drug-likeness (QED) is 0.819. The molecule has 1 fully saturated rings. The summed E-state index contributed by atoms with van der Waals surface area (Å²) in [7, 11) is -0.0588. The normalized spacial score (nSPS) is 18.1. The lowest BCUT2D eigenvalue weighted by atomic mass is 10.1. The van der Waals surface area contributed by atoms with Crippen LogP contribution in [0.2, 0.25) is 0 Å². The van der Waals surface area contributed by atoms with Gasteiger partial charge in [-0.15, -0.1) is 0 Å². The molecule has 20 heavy (non-hydrogen) atoms. The van der Waals surface area contributed by atoms with E-state index in [0.29, 0.717) is 0 Å². The minimum atomic E-state index is -3.67. The summed E-state index contributed by atoms with van der Waals surface area (Å²) in [6.45, 7) is 1.76. The number of sulfonamides is 1. The van der Waals surface area contributed by atoms with Crippen LogP contribution in [0.5, 0.6) is 0 Å². The van der Waals surface area contributed by atoms with Gasteiger partial charge in [-0.2, -0.15) is 9.57 Å². The van der Waals surface area contributed by atoms with Crippen molar-refractivity contribution in [3.05, 3.63) is 24.0 Å². The summed E-state index contributed by atoms with van der Waals surface area (Å²) < 4.78 is 26.6. The SMILES string of the molecule is CN1CCC(N(C)S(=O)(=O)c2cccnc2C#N)CC1. The molecule has 0 saturated carbocycles. The van der Waals surface area contributed by atoms with Crippen LogP contribution in [-0.4, -0.2) is 55.8 Å². The molecule has 1 aromatic heterocycles. The van der Waals surface area contributed by atoms with Crippen molar-refractivity contribution >= 4 is 10.0 Å². The number of pyridine rings is 1. The van der Waals surface area contributed by atoms with Crippen LogP contribution in [0.3, 0.4) is 0 Å². The highest BCUT2D eigenvalue weighted by atomic mass is 32.2. The maximum absolute atomic E-state index is 12.6. The van der Waals surface area contributed by atoms with Gasteiger partial charge in [-0.1, -0.05) is 0 Å². The van der Waals surface area contributed by atoms with Crippen molar-refractivity contribution in [2.24, 2.45) is 0 Å². The Morgan fingerprint density at radius 3 is 2.70 bits per heavy atom. The van der Waals surface area contributed by atoms with E-state index in [4.69, 9.17) is 5.26 Å². The van der Waals surface area contributed by atoms with Gasteiger partial charge in [0.15, 0.2) is 5.69 Å². The van der Waals surface area contributed by atoms with Crippen molar-refractivity contribution in [2.75, 3.05) is 27.2 Å². The first-order chi connectivity index (χ1) is 9.46. The third kappa shape index (κ3) is 2.82. The molecule has 7 heteroatoms. The molecular weight excluding hydrogens is 276 g/mol. The second-order valence-corrected chi connectivity index (χ2v) is 6.98. The second kappa shape index (κ2) is 5.87. The summed E-state index contributed by atoms with van der Waals surface area (Å²) in [5.41, 5.74) is -0.0488. The summed E-state index contributed by atoms with van der Waals surface area (Å²) in [5, 5.41) is 9.01. The average Bonchev–Trinajstić information content (AvgIpc) is 2.47. The Bertz CT molecular complexity index is 616. The third-order valence-electron chi connectivity index (χ3n) is 3.74. The highest BCUT2D eigenvalue weighted by Gasteiger charge is 2.31. The van der Waals surface area contributed by atoms with Gasteiger partial charge in [-0.25, -0.2) is 13.4 Å². The molecule has 0 N–H and O–H groups in total. The largest absolute Gasteiger partial charge is 0.306 e. The molecule has 1 saturated heterocycles. The molecule has 0 radical (unpaired) electrons. The van der Waals surface area contributed by atoms with E-state index in [1.165, 1.54) is 22.6 Å². The van der Waals surface area contributed by atoms with Crippen LogP contribution in [0, 0.1) is 11.3 Å². The van der Waals surface area contributed by atoms with Gasteiger partial charge >= 0.3 is 0 Å². The van der Waals surface area contributed by atoms with Crippen molar-refractivity contribution in [1.29, 1.82) is 5.26 Å². The van der Waals surface area contributed by atoms with Gasteiger partial charge < -0.3 is 4.90 Å². The molecule has 1 aliphatic rings. The number of hydrogen-bond acceptors (Lipinski definition) is 5. The zero-order chi connectivity index (χ0) is 14.8. The molecule has 6 nitrogen and oxygen atoms in total. The molecule has 2 heterocycles. The van der Waals surface area contributed by atoms with Crippen molar-refractivity contribution < 1.29 is 8.42 Å². The fourth-order valence-electron chi connectivity index (χ4n) is 2.39. The summed E-state index contributed by atoms with van der Waals surface area (Å²) >= 11 is 0. The Morgan fingerprint density at radius 1 is 1.45 bits per heavy atom. The Kier molecular flexibility index (Phi) is 4.38. The van der Waals surface area contributed by atoms with Gasteiger partial charge in [-0.05, 0) is 45.1 Å². The maximum atomic E-state index is 12.6. The van der Waals surface area contributed by atoms with Crippen LogP contribution in [0.15, 0.2) is 23.2 Å². The Hall–Kier alpha value is -1.49. The van der Waals surface area contributed by atoms with Crippen molar-refractivity contribution in [3.63, 3.8) is 0 Å². The van der Waals surface area contributed by atoms with Gasteiger partial charge in [0, 0.05) is 19.3 Å². The summed E-state index contributed by atoms with van der Waals surface area (Å²) in [6.07, 6.45) is 3.02. The molecule has 0 aliphatic carbocycles.